The fraction of sp³-hybridized carbons (Fsp3) is 0.406. The van der Waals surface area contributed by atoms with Crippen molar-refractivity contribution in [1.82, 2.24) is 15.2 Å². The average Bonchev–Trinajstić information content (AvgIpc) is 3.43. The summed E-state index contributed by atoms with van der Waals surface area (Å²) in [6, 6.07) is 14.2. The van der Waals surface area contributed by atoms with E-state index in [2.05, 4.69) is 26.6 Å². The standard InChI is InChI=1S/C32H41N5O3/c1-21-14-22(2)35-32(39)29(21)19-34-31(38)27-16-25(17-30(28(27)18-33)36-26-10-5-6-11-26)24-9-7-8-23(15-24)20-40-13-12-37(3)4/h7-9,14-18,26,33,36H,5-6,10-13,19-20H2,1-4H3,(H,34,38)(H,35,39). The number of rotatable bonds is 12. The molecular formula is C32H41N5O3. The van der Waals surface area contributed by atoms with Crippen LogP contribution >= 0.6 is 0 Å². The first-order chi connectivity index (χ1) is 19.2. The first kappa shape index (κ1) is 29.2. The van der Waals surface area contributed by atoms with Crippen LogP contribution in [0.25, 0.3) is 11.1 Å². The number of ether oxygens (including phenoxy) is 1. The number of aromatic nitrogens is 1. The minimum absolute atomic E-state index is 0.104. The van der Waals surface area contributed by atoms with Gasteiger partial charge in [-0.1, -0.05) is 31.0 Å². The molecule has 212 valence electrons. The number of anilines is 1. The van der Waals surface area contributed by atoms with Gasteiger partial charge in [-0.3, -0.25) is 9.59 Å². The van der Waals surface area contributed by atoms with Crippen molar-refractivity contribution in [3.63, 3.8) is 0 Å². The fourth-order valence-corrected chi connectivity index (χ4v) is 5.22. The van der Waals surface area contributed by atoms with Gasteiger partial charge in [0.05, 0.1) is 18.8 Å². The highest BCUT2D eigenvalue weighted by Crippen LogP contribution is 2.32. The fourth-order valence-electron chi connectivity index (χ4n) is 5.22. The molecule has 0 radical (unpaired) electrons. The van der Waals surface area contributed by atoms with Gasteiger partial charge in [0.25, 0.3) is 11.5 Å². The van der Waals surface area contributed by atoms with Crippen LogP contribution in [0.1, 0.15) is 64.0 Å². The summed E-state index contributed by atoms with van der Waals surface area (Å²) in [5, 5.41) is 14.7. The highest BCUT2D eigenvalue weighted by atomic mass is 16.5. The summed E-state index contributed by atoms with van der Waals surface area (Å²) in [5.74, 6) is -0.322. The number of pyridine rings is 1. The summed E-state index contributed by atoms with van der Waals surface area (Å²) >= 11 is 0. The monoisotopic (exact) mass is 543 g/mol. The van der Waals surface area contributed by atoms with Crippen molar-refractivity contribution in [1.29, 1.82) is 5.41 Å². The van der Waals surface area contributed by atoms with Gasteiger partial charge in [0.1, 0.15) is 0 Å². The first-order valence-corrected chi connectivity index (χ1v) is 14.0. The molecule has 8 nitrogen and oxygen atoms in total. The van der Waals surface area contributed by atoms with Crippen molar-refractivity contribution in [2.45, 2.75) is 58.7 Å². The van der Waals surface area contributed by atoms with Crippen molar-refractivity contribution < 1.29 is 9.53 Å². The maximum absolute atomic E-state index is 13.6. The van der Waals surface area contributed by atoms with Gasteiger partial charge in [0.15, 0.2) is 0 Å². The number of carbonyl (C=O) groups is 1. The highest BCUT2D eigenvalue weighted by molar-refractivity contribution is 6.06. The Labute approximate surface area is 236 Å². The molecule has 1 fully saturated rings. The van der Waals surface area contributed by atoms with Crippen molar-refractivity contribution in [2.24, 2.45) is 0 Å². The molecule has 4 N–H and O–H groups in total. The molecule has 1 amide bonds. The molecule has 1 aliphatic rings. The van der Waals surface area contributed by atoms with E-state index in [1.54, 1.807) is 0 Å². The molecule has 0 bridgehead atoms. The molecule has 40 heavy (non-hydrogen) atoms. The van der Waals surface area contributed by atoms with Crippen molar-refractivity contribution in [3.8, 4) is 11.1 Å². The normalized spacial score (nSPS) is 13.5. The largest absolute Gasteiger partial charge is 0.382 e. The zero-order valence-electron chi connectivity index (χ0n) is 24.0. The van der Waals surface area contributed by atoms with Crippen LogP contribution < -0.4 is 16.2 Å². The van der Waals surface area contributed by atoms with E-state index in [9.17, 15) is 9.59 Å². The van der Waals surface area contributed by atoms with Crippen molar-refractivity contribution in [2.75, 3.05) is 32.6 Å². The number of benzene rings is 2. The molecule has 1 heterocycles. The van der Waals surface area contributed by atoms with E-state index in [0.29, 0.717) is 35.9 Å². The average molecular weight is 544 g/mol. The van der Waals surface area contributed by atoms with Gasteiger partial charge in [-0.2, -0.15) is 0 Å². The number of hydrogen-bond donors (Lipinski definition) is 4. The Balaban J connectivity index is 1.65. The summed E-state index contributed by atoms with van der Waals surface area (Å²) in [6.07, 6.45) is 5.72. The Bertz CT molecular complexity index is 1410. The summed E-state index contributed by atoms with van der Waals surface area (Å²) in [5.41, 5.74) is 6.58. The maximum Gasteiger partial charge on any atom is 0.253 e. The third-order valence-corrected chi connectivity index (χ3v) is 7.42. The van der Waals surface area contributed by atoms with Crippen LogP contribution in [0.5, 0.6) is 0 Å². The summed E-state index contributed by atoms with van der Waals surface area (Å²) < 4.78 is 5.86. The topological polar surface area (TPSA) is 110 Å². The second-order valence-corrected chi connectivity index (χ2v) is 10.9. The van der Waals surface area contributed by atoms with E-state index in [4.69, 9.17) is 10.1 Å². The molecule has 0 spiro atoms. The van der Waals surface area contributed by atoms with Crippen molar-refractivity contribution in [3.05, 3.63) is 86.3 Å². The number of carbonyl (C=O) groups excluding carboxylic acids is 1. The molecule has 2 aromatic carbocycles. The summed E-state index contributed by atoms with van der Waals surface area (Å²) in [7, 11) is 4.04. The molecule has 8 heteroatoms. The number of hydrogen-bond acceptors (Lipinski definition) is 6. The zero-order chi connectivity index (χ0) is 28.6. The Hall–Kier alpha value is -3.75. The van der Waals surface area contributed by atoms with Gasteiger partial charge in [0.2, 0.25) is 0 Å². The van der Waals surface area contributed by atoms with Gasteiger partial charge in [-0.05, 0) is 87.3 Å². The smallest absolute Gasteiger partial charge is 0.253 e. The number of likely N-dealkylation sites (N-methyl/N-ethyl adjacent to an activating group) is 1. The van der Waals surface area contributed by atoms with E-state index in [1.165, 1.54) is 19.1 Å². The molecule has 0 unspecified atom stereocenters. The van der Waals surface area contributed by atoms with Gasteiger partial charge >= 0.3 is 0 Å². The third kappa shape index (κ3) is 7.46. The third-order valence-electron chi connectivity index (χ3n) is 7.42. The van der Waals surface area contributed by atoms with Crippen LogP contribution in [0.15, 0.2) is 47.3 Å². The zero-order valence-corrected chi connectivity index (χ0v) is 24.0. The van der Waals surface area contributed by atoms with E-state index in [0.717, 1.165) is 53.0 Å². The number of aryl methyl sites for hydroxylation is 2. The molecule has 4 rings (SSSR count). The Morgan fingerprint density at radius 1 is 1.12 bits per heavy atom. The minimum Gasteiger partial charge on any atom is -0.382 e. The van der Waals surface area contributed by atoms with Crippen LogP contribution in [-0.2, 0) is 17.9 Å². The Kier molecular flexibility index (Phi) is 9.90. The van der Waals surface area contributed by atoms with Gasteiger partial charge in [-0.15, -0.1) is 0 Å². The van der Waals surface area contributed by atoms with E-state index < -0.39 is 0 Å². The SMILES string of the molecule is Cc1cc(C)c(CNC(=O)c2cc(-c3cccc(COCCN(C)C)c3)cc(NC3CCCC3)c2C=N)c(=O)[nH]1. The Morgan fingerprint density at radius 2 is 1.90 bits per heavy atom. The number of nitrogens with zero attached hydrogens (tertiary/aromatic N) is 1. The minimum atomic E-state index is -0.322. The maximum atomic E-state index is 13.6. The van der Waals surface area contributed by atoms with Gasteiger partial charge in [-0.25, -0.2) is 0 Å². The second-order valence-electron chi connectivity index (χ2n) is 10.9. The van der Waals surface area contributed by atoms with E-state index in [-0.39, 0.29) is 18.0 Å². The summed E-state index contributed by atoms with van der Waals surface area (Å²) in [6.45, 7) is 5.82. The van der Waals surface area contributed by atoms with Crippen molar-refractivity contribution >= 4 is 17.8 Å². The van der Waals surface area contributed by atoms with E-state index >= 15 is 0 Å². The van der Waals surface area contributed by atoms with Crippen LogP contribution in [0.4, 0.5) is 5.69 Å². The molecule has 0 atom stereocenters. The Morgan fingerprint density at radius 3 is 2.60 bits per heavy atom. The van der Waals surface area contributed by atoms with Gasteiger partial charge in [0, 0.05) is 47.9 Å². The first-order valence-electron chi connectivity index (χ1n) is 14.0. The summed E-state index contributed by atoms with van der Waals surface area (Å²) in [4.78, 5) is 31.0. The molecular weight excluding hydrogens is 502 g/mol. The van der Waals surface area contributed by atoms with Crippen LogP contribution in [0.3, 0.4) is 0 Å². The number of amides is 1. The lowest BCUT2D eigenvalue weighted by Gasteiger charge is -2.20. The number of H-pyrrole nitrogens is 1. The molecule has 0 saturated heterocycles. The lowest BCUT2D eigenvalue weighted by atomic mass is 9.95. The number of aromatic amines is 1. The van der Waals surface area contributed by atoms with E-state index in [1.807, 2.05) is 64.3 Å². The van der Waals surface area contributed by atoms with Crippen LogP contribution in [-0.4, -0.2) is 55.3 Å². The quantitative estimate of drug-likeness (QED) is 0.189. The molecule has 3 aromatic rings. The second kappa shape index (κ2) is 13.5. The molecule has 1 aliphatic carbocycles. The predicted molar refractivity (Wildman–Crippen MR) is 162 cm³/mol. The highest BCUT2D eigenvalue weighted by Gasteiger charge is 2.21. The molecule has 1 saturated carbocycles. The predicted octanol–water partition coefficient (Wildman–Crippen LogP) is 5.02. The van der Waals surface area contributed by atoms with Crippen LogP contribution in [0.2, 0.25) is 0 Å². The van der Waals surface area contributed by atoms with Gasteiger partial charge < -0.3 is 30.7 Å². The number of nitrogens with one attached hydrogen (secondary N) is 4. The molecule has 0 aliphatic heterocycles. The lowest BCUT2D eigenvalue weighted by molar-refractivity contribution is 0.0950. The van der Waals surface area contributed by atoms with Crippen LogP contribution in [0, 0.1) is 19.3 Å². The molecule has 1 aromatic heterocycles. The lowest BCUT2D eigenvalue weighted by Crippen LogP contribution is -2.29.